The number of hydrogen-bond acceptors (Lipinski definition) is 5. The molecule has 2 fully saturated rings. The van der Waals surface area contributed by atoms with Crippen LogP contribution in [-0.2, 0) is 14.4 Å². The first-order valence-electron chi connectivity index (χ1n) is 14.4. The van der Waals surface area contributed by atoms with Crippen molar-refractivity contribution in [1.82, 2.24) is 10.4 Å². The van der Waals surface area contributed by atoms with Gasteiger partial charge in [0.05, 0.1) is 6.61 Å². The van der Waals surface area contributed by atoms with Crippen LogP contribution in [0.25, 0.3) is 5.57 Å². The van der Waals surface area contributed by atoms with E-state index in [-0.39, 0.29) is 18.7 Å². The van der Waals surface area contributed by atoms with Crippen molar-refractivity contribution in [2.24, 2.45) is 0 Å². The zero-order valence-electron chi connectivity index (χ0n) is 22.6. The Morgan fingerprint density at radius 1 is 0.842 bits per heavy atom. The third-order valence-electron chi connectivity index (χ3n) is 7.64. The molecule has 4 rings (SSSR count). The van der Waals surface area contributed by atoms with Gasteiger partial charge in [-0.05, 0) is 55.7 Å². The highest BCUT2D eigenvalue weighted by molar-refractivity contribution is 5.83. The Hall–Kier alpha value is -3.12. The highest BCUT2D eigenvalue weighted by Gasteiger charge is 2.34. The SMILES string of the molecule is CCOC(=O)N[C@@H](CC=C(c1ccccc1)c1ccccc1)C(=O)ON(C1CCCCC1)C1CCCCC1. The summed E-state index contributed by atoms with van der Waals surface area (Å²) in [4.78, 5) is 32.4. The van der Waals surface area contributed by atoms with E-state index < -0.39 is 18.1 Å². The second-order valence-electron chi connectivity index (χ2n) is 10.4. The molecule has 2 saturated carbocycles. The molecule has 0 saturated heterocycles. The highest BCUT2D eigenvalue weighted by Crippen LogP contribution is 2.31. The Labute approximate surface area is 227 Å². The van der Waals surface area contributed by atoms with Crippen molar-refractivity contribution < 1.29 is 19.2 Å². The summed E-state index contributed by atoms with van der Waals surface area (Å²) < 4.78 is 5.14. The van der Waals surface area contributed by atoms with Gasteiger partial charge in [-0.25, -0.2) is 9.59 Å². The van der Waals surface area contributed by atoms with Crippen LogP contribution in [0.2, 0.25) is 0 Å². The summed E-state index contributed by atoms with van der Waals surface area (Å²) in [6, 6.07) is 19.8. The van der Waals surface area contributed by atoms with Crippen molar-refractivity contribution in [3.8, 4) is 0 Å². The number of rotatable bonds is 10. The summed E-state index contributed by atoms with van der Waals surface area (Å²) in [5.74, 6) is -0.425. The van der Waals surface area contributed by atoms with Crippen LogP contribution >= 0.6 is 0 Å². The summed E-state index contributed by atoms with van der Waals surface area (Å²) >= 11 is 0. The van der Waals surface area contributed by atoms with Crippen LogP contribution in [-0.4, -0.2) is 41.9 Å². The van der Waals surface area contributed by atoms with E-state index in [0.717, 1.165) is 68.1 Å². The molecule has 1 amide bonds. The van der Waals surface area contributed by atoms with Gasteiger partial charge in [-0.2, -0.15) is 0 Å². The molecule has 6 nitrogen and oxygen atoms in total. The topological polar surface area (TPSA) is 67.9 Å². The number of alkyl carbamates (subject to hydrolysis) is 1. The van der Waals surface area contributed by atoms with Gasteiger partial charge < -0.3 is 14.9 Å². The summed E-state index contributed by atoms with van der Waals surface area (Å²) in [6.07, 6.45) is 13.0. The third kappa shape index (κ3) is 7.94. The van der Waals surface area contributed by atoms with Gasteiger partial charge in [0.2, 0.25) is 0 Å². The number of hydroxylamine groups is 2. The van der Waals surface area contributed by atoms with Crippen molar-refractivity contribution in [3.63, 3.8) is 0 Å². The number of benzene rings is 2. The van der Waals surface area contributed by atoms with Gasteiger partial charge in [0.1, 0.15) is 6.04 Å². The van der Waals surface area contributed by atoms with Crippen LogP contribution in [0, 0.1) is 0 Å². The summed E-state index contributed by atoms with van der Waals surface area (Å²) in [7, 11) is 0. The lowest BCUT2D eigenvalue weighted by Gasteiger charge is -2.40. The van der Waals surface area contributed by atoms with E-state index in [2.05, 4.69) is 29.6 Å². The monoisotopic (exact) mass is 518 g/mol. The maximum Gasteiger partial charge on any atom is 0.407 e. The quantitative estimate of drug-likeness (QED) is 0.341. The van der Waals surface area contributed by atoms with E-state index in [1.807, 2.05) is 47.5 Å². The summed E-state index contributed by atoms with van der Waals surface area (Å²) in [5, 5.41) is 4.79. The first-order valence-corrected chi connectivity index (χ1v) is 14.4. The van der Waals surface area contributed by atoms with E-state index in [0.29, 0.717) is 6.42 Å². The second kappa shape index (κ2) is 14.7. The fourth-order valence-corrected chi connectivity index (χ4v) is 5.69. The van der Waals surface area contributed by atoms with Gasteiger partial charge in [-0.3, -0.25) is 0 Å². The maximum atomic E-state index is 13.7. The van der Waals surface area contributed by atoms with Crippen LogP contribution in [0.1, 0.15) is 88.7 Å². The molecule has 0 aromatic heterocycles. The molecule has 0 spiro atoms. The molecule has 2 aromatic rings. The van der Waals surface area contributed by atoms with E-state index in [4.69, 9.17) is 9.57 Å². The molecular weight excluding hydrogens is 476 g/mol. The molecule has 0 aliphatic heterocycles. The van der Waals surface area contributed by atoms with Gasteiger partial charge in [-0.15, -0.1) is 5.06 Å². The molecule has 2 aliphatic carbocycles. The molecule has 1 atom stereocenters. The van der Waals surface area contributed by atoms with Gasteiger partial charge >= 0.3 is 12.1 Å². The van der Waals surface area contributed by atoms with E-state index in [1.54, 1.807) is 6.92 Å². The average Bonchev–Trinajstić information content (AvgIpc) is 2.97. The zero-order chi connectivity index (χ0) is 26.6. The smallest absolute Gasteiger partial charge is 0.407 e. The molecule has 2 aromatic carbocycles. The number of hydrogen-bond donors (Lipinski definition) is 1. The van der Waals surface area contributed by atoms with E-state index in [1.165, 1.54) is 12.8 Å². The molecule has 204 valence electrons. The fraction of sp³-hybridized carbons (Fsp3) is 0.500. The highest BCUT2D eigenvalue weighted by atomic mass is 16.7. The Kier molecular flexibility index (Phi) is 10.8. The number of nitrogens with zero attached hydrogens (tertiary/aromatic N) is 1. The van der Waals surface area contributed by atoms with Crippen LogP contribution < -0.4 is 5.32 Å². The number of carbonyl (C=O) groups is 2. The molecule has 38 heavy (non-hydrogen) atoms. The molecule has 0 unspecified atom stereocenters. The lowest BCUT2D eigenvalue weighted by molar-refractivity contribution is -0.224. The Bertz CT molecular complexity index is 968. The van der Waals surface area contributed by atoms with Crippen LogP contribution in [0.5, 0.6) is 0 Å². The lowest BCUT2D eigenvalue weighted by Crippen LogP contribution is -2.50. The van der Waals surface area contributed by atoms with Crippen LogP contribution in [0.3, 0.4) is 0 Å². The first-order chi connectivity index (χ1) is 18.7. The molecule has 6 heteroatoms. The van der Waals surface area contributed by atoms with Crippen molar-refractivity contribution >= 4 is 17.6 Å². The second-order valence-corrected chi connectivity index (χ2v) is 10.4. The van der Waals surface area contributed by atoms with Crippen LogP contribution in [0.4, 0.5) is 4.79 Å². The molecule has 0 bridgehead atoms. The van der Waals surface area contributed by atoms with Crippen molar-refractivity contribution in [1.29, 1.82) is 0 Å². The minimum Gasteiger partial charge on any atom is -0.450 e. The predicted molar refractivity (Wildman–Crippen MR) is 150 cm³/mol. The van der Waals surface area contributed by atoms with Gasteiger partial charge in [-0.1, -0.05) is 105 Å². The maximum absolute atomic E-state index is 13.7. The largest absolute Gasteiger partial charge is 0.450 e. The predicted octanol–water partition coefficient (Wildman–Crippen LogP) is 7.05. The number of nitrogens with one attached hydrogen (secondary N) is 1. The Morgan fingerprint density at radius 2 is 1.34 bits per heavy atom. The molecular formula is C32H42N2O4. The van der Waals surface area contributed by atoms with Gasteiger partial charge in [0.15, 0.2) is 0 Å². The van der Waals surface area contributed by atoms with E-state index in [9.17, 15) is 9.59 Å². The van der Waals surface area contributed by atoms with Crippen LogP contribution in [0.15, 0.2) is 66.7 Å². The zero-order valence-corrected chi connectivity index (χ0v) is 22.6. The number of carbonyl (C=O) groups excluding carboxylic acids is 2. The normalized spacial score (nSPS) is 17.4. The fourth-order valence-electron chi connectivity index (χ4n) is 5.69. The minimum atomic E-state index is -0.855. The molecule has 1 N–H and O–H groups in total. The van der Waals surface area contributed by atoms with Crippen molar-refractivity contribution in [3.05, 3.63) is 77.9 Å². The Morgan fingerprint density at radius 3 is 1.82 bits per heavy atom. The summed E-state index contributed by atoms with van der Waals surface area (Å²) in [5.41, 5.74) is 3.10. The Balaban J connectivity index is 1.58. The van der Waals surface area contributed by atoms with Crippen molar-refractivity contribution in [2.45, 2.75) is 95.7 Å². The first kappa shape index (κ1) is 27.9. The molecule has 0 radical (unpaired) electrons. The standard InChI is InChI=1S/C32H42N2O4/c1-2-37-32(36)33-30(24-23-29(25-15-7-3-8-16-25)26-17-9-4-10-18-26)31(35)38-34(27-19-11-5-12-20-27)28-21-13-6-14-22-28/h3-4,7-10,15-18,23,27-28,30H,2,5-6,11-14,19-22,24H2,1H3,(H,33,36)/t30-/m0/s1. The van der Waals surface area contributed by atoms with Gasteiger partial charge in [0.25, 0.3) is 0 Å². The molecule has 2 aliphatic rings. The summed E-state index contributed by atoms with van der Waals surface area (Å²) in [6.45, 7) is 1.99. The van der Waals surface area contributed by atoms with Crippen molar-refractivity contribution in [2.75, 3.05) is 6.61 Å². The number of ether oxygens (including phenoxy) is 1. The lowest BCUT2D eigenvalue weighted by atomic mass is 9.90. The number of amides is 1. The van der Waals surface area contributed by atoms with Gasteiger partial charge in [0, 0.05) is 12.1 Å². The minimum absolute atomic E-state index is 0.235. The average molecular weight is 519 g/mol. The molecule has 0 heterocycles. The van der Waals surface area contributed by atoms with E-state index >= 15 is 0 Å². The third-order valence-corrected chi connectivity index (χ3v) is 7.64.